The Hall–Kier alpha value is -3.15. The maximum atomic E-state index is 13.2. The van der Waals surface area contributed by atoms with Crippen molar-refractivity contribution < 1.29 is 17.9 Å². The fourth-order valence-corrected chi connectivity index (χ4v) is 7.50. The van der Waals surface area contributed by atoms with E-state index in [1.165, 1.54) is 11.8 Å². The highest BCUT2D eigenvalue weighted by Crippen LogP contribution is 2.29. The molecular formula is C27H31N5O4S2. The van der Waals surface area contributed by atoms with E-state index >= 15 is 0 Å². The number of hydrogen-bond donors (Lipinski definition) is 1. The molecule has 1 atom stereocenters. The van der Waals surface area contributed by atoms with E-state index < -0.39 is 10.0 Å². The molecule has 2 aromatic heterocycles. The Kier molecular flexibility index (Phi) is 7.60. The molecule has 3 heterocycles. The van der Waals surface area contributed by atoms with Crippen molar-refractivity contribution in [3.63, 3.8) is 0 Å². The van der Waals surface area contributed by atoms with Gasteiger partial charge in [0.1, 0.15) is 5.75 Å². The predicted molar refractivity (Wildman–Crippen MR) is 149 cm³/mol. The normalized spacial score (nSPS) is 16.7. The summed E-state index contributed by atoms with van der Waals surface area (Å²) in [5.41, 5.74) is 3.18. The number of fused-ring (bicyclic) bond motifs is 3. The van der Waals surface area contributed by atoms with E-state index in [9.17, 15) is 13.2 Å². The highest BCUT2D eigenvalue weighted by atomic mass is 32.2. The number of aryl methyl sites for hydroxylation is 1. The van der Waals surface area contributed by atoms with Crippen molar-refractivity contribution in [3.8, 4) is 5.75 Å². The maximum absolute atomic E-state index is 13.2. The Bertz CT molecular complexity index is 1580. The molecule has 5 rings (SSSR count). The van der Waals surface area contributed by atoms with E-state index in [0.29, 0.717) is 17.4 Å². The van der Waals surface area contributed by atoms with Crippen molar-refractivity contribution in [3.05, 3.63) is 54.1 Å². The van der Waals surface area contributed by atoms with Gasteiger partial charge in [0.2, 0.25) is 15.9 Å². The van der Waals surface area contributed by atoms with Crippen LogP contribution in [0.15, 0.2) is 58.6 Å². The lowest BCUT2D eigenvalue weighted by molar-refractivity contribution is -0.113. The van der Waals surface area contributed by atoms with Gasteiger partial charge in [-0.15, -0.1) is 10.2 Å². The standard InChI is InChI=1S/C27H31N5O4S2/c1-4-21-7-5-6-14-31(21)38(34,35)23-11-8-20(9-12-23)28-25(33)17-37-27-30-29-26-18(2)15-19-16-22(36-3)10-13-24(19)32(26)27/h8-13,15-16,21H,4-7,14,17H2,1-3H3,(H,28,33)/t21-/m0/s1. The van der Waals surface area contributed by atoms with Crippen LogP contribution in [-0.2, 0) is 14.8 Å². The molecule has 0 radical (unpaired) electrons. The number of ether oxygens (including phenoxy) is 1. The van der Waals surface area contributed by atoms with Crippen LogP contribution in [0.25, 0.3) is 16.6 Å². The second-order valence-electron chi connectivity index (χ2n) is 9.43. The van der Waals surface area contributed by atoms with Gasteiger partial charge in [0, 0.05) is 23.7 Å². The van der Waals surface area contributed by atoms with E-state index in [-0.39, 0.29) is 22.6 Å². The van der Waals surface area contributed by atoms with Crippen LogP contribution in [0.1, 0.15) is 38.2 Å². The monoisotopic (exact) mass is 553 g/mol. The minimum absolute atomic E-state index is 0.0429. The third-order valence-corrected chi connectivity index (χ3v) is 9.85. The first-order valence-electron chi connectivity index (χ1n) is 12.7. The van der Waals surface area contributed by atoms with Gasteiger partial charge in [-0.2, -0.15) is 4.31 Å². The number of rotatable bonds is 8. The van der Waals surface area contributed by atoms with Gasteiger partial charge >= 0.3 is 0 Å². The van der Waals surface area contributed by atoms with Gasteiger partial charge < -0.3 is 10.1 Å². The number of nitrogens with one attached hydrogen (secondary N) is 1. The first kappa shape index (κ1) is 26.5. The Morgan fingerprint density at radius 3 is 2.66 bits per heavy atom. The molecule has 1 aliphatic heterocycles. The number of aromatic nitrogens is 3. The van der Waals surface area contributed by atoms with Crippen molar-refractivity contribution >= 4 is 49.9 Å². The Morgan fingerprint density at radius 1 is 1.13 bits per heavy atom. The third kappa shape index (κ3) is 5.10. The van der Waals surface area contributed by atoms with Crippen LogP contribution in [0.5, 0.6) is 5.75 Å². The number of benzene rings is 2. The van der Waals surface area contributed by atoms with Crippen LogP contribution in [0.4, 0.5) is 5.69 Å². The van der Waals surface area contributed by atoms with Gasteiger partial charge in [0.25, 0.3) is 0 Å². The van der Waals surface area contributed by atoms with Gasteiger partial charge in [-0.25, -0.2) is 8.42 Å². The minimum atomic E-state index is -3.56. The van der Waals surface area contributed by atoms with Crippen LogP contribution >= 0.6 is 11.8 Å². The highest BCUT2D eigenvalue weighted by Gasteiger charge is 2.32. The number of pyridine rings is 1. The van der Waals surface area contributed by atoms with Crippen LogP contribution < -0.4 is 10.1 Å². The van der Waals surface area contributed by atoms with Crippen LogP contribution in [0.2, 0.25) is 0 Å². The highest BCUT2D eigenvalue weighted by molar-refractivity contribution is 7.99. The molecule has 4 aromatic rings. The van der Waals surface area contributed by atoms with E-state index in [2.05, 4.69) is 15.5 Å². The van der Waals surface area contributed by atoms with Gasteiger partial charge in [-0.1, -0.05) is 25.1 Å². The number of thioether (sulfide) groups is 1. The van der Waals surface area contributed by atoms with Crippen molar-refractivity contribution in [2.45, 2.75) is 55.6 Å². The summed E-state index contributed by atoms with van der Waals surface area (Å²) in [5.74, 6) is 0.666. The molecule has 11 heteroatoms. The van der Waals surface area contributed by atoms with Crippen molar-refractivity contribution in [2.24, 2.45) is 0 Å². The number of carbonyl (C=O) groups is 1. The second-order valence-corrected chi connectivity index (χ2v) is 12.3. The average molecular weight is 554 g/mol. The molecular weight excluding hydrogens is 522 g/mol. The largest absolute Gasteiger partial charge is 0.497 e. The molecule has 0 bridgehead atoms. The molecule has 9 nitrogen and oxygen atoms in total. The Labute approximate surface area is 226 Å². The zero-order chi connectivity index (χ0) is 26.9. The SMILES string of the molecule is CC[C@H]1CCCCN1S(=O)(=O)c1ccc(NC(=O)CSc2nnc3c(C)cc4cc(OC)ccc4n23)cc1. The van der Waals surface area contributed by atoms with E-state index in [4.69, 9.17) is 4.74 Å². The smallest absolute Gasteiger partial charge is 0.243 e. The first-order valence-corrected chi connectivity index (χ1v) is 15.1. The number of methoxy groups -OCH3 is 1. The summed E-state index contributed by atoms with van der Waals surface area (Å²) in [6, 6.07) is 14.3. The molecule has 0 saturated carbocycles. The Balaban J connectivity index is 1.28. The minimum Gasteiger partial charge on any atom is -0.497 e. The van der Waals surface area contributed by atoms with Crippen LogP contribution in [-0.4, -0.2) is 58.7 Å². The number of anilines is 1. The summed E-state index contributed by atoms with van der Waals surface area (Å²) in [7, 11) is -1.93. The van der Waals surface area contributed by atoms with Crippen molar-refractivity contribution in [1.82, 2.24) is 18.9 Å². The lowest BCUT2D eigenvalue weighted by Crippen LogP contribution is -2.43. The van der Waals surface area contributed by atoms with Gasteiger partial charge in [0.15, 0.2) is 10.8 Å². The molecule has 1 fully saturated rings. The quantitative estimate of drug-likeness (QED) is 0.310. The molecule has 2 aromatic carbocycles. The summed E-state index contributed by atoms with van der Waals surface area (Å²) < 4.78 is 35.3. The van der Waals surface area contributed by atoms with Crippen molar-refractivity contribution in [2.75, 3.05) is 24.7 Å². The summed E-state index contributed by atoms with van der Waals surface area (Å²) in [6.45, 7) is 4.55. The fourth-order valence-electron chi connectivity index (χ4n) is 4.98. The molecule has 1 aliphatic rings. The molecule has 200 valence electrons. The number of piperidine rings is 1. The van der Waals surface area contributed by atoms with E-state index in [0.717, 1.165) is 53.5 Å². The molecule has 0 unspecified atom stereocenters. The van der Waals surface area contributed by atoms with Gasteiger partial charge in [-0.05, 0) is 80.3 Å². The maximum Gasteiger partial charge on any atom is 0.243 e. The van der Waals surface area contributed by atoms with Crippen molar-refractivity contribution in [1.29, 1.82) is 0 Å². The summed E-state index contributed by atoms with van der Waals surface area (Å²) >= 11 is 1.29. The number of amides is 1. The number of sulfonamides is 1. The summed E-state index contributed by atoms with van der Waals surface area (Å²) in [5, 5.41) is 13.1. The molecule has 0 spiro atoms. The predicted octanol–water partition coefficient (Wildman–Crippen LogP) is 4.88. The lowest BCUT2D eigenvalue weighted by Gasteiger charge is -2.34. The Morgan fingerprint density at radius 2 is 1.92 bits per heavy atom. The zero-order valence-electron chi connectivity index (χ0n) is 21.7. The molecule has 1 N–H and O–H groups in total. The zero-order valence-corrected chi connectivity index (χ0v) is 23.3. The molecule has 1 amide bonds. The molecule has 1 saturated heterocycles. The summed E-state index contributed by atoms with van der Waals surface area (Å²) in [4.78, 5) is 13.0. The number of hydrogen-bond acceptors (Lipinski definition) is 7. The van der Waals surface area contributed by atoms with Crippen LogP contribution in [0, 0.1) is 6.92 Å². The number of carbonyl (C=O) groups excluding carboxylic acids is 1. The second kappa shape index (κ2) is 10.9. The fraction of sp³-hybridized carbons (Fsp3) is 0.370. The van der Waals surface area contributed by atoms with E-state index in [1.54, 1.807) is 35.7 Å². The third-order valence-electron chi connectivity index (χ3n) is 6.96. The molecule has 0 aliphatic carbocycles. The lowest BCUT2D eigenvalue weighted by atomic mass is 10.0. The first-order chi connectivity index (χ1) is 18.3. The summed E-state index contributed by atoms with van der Waals surface area (Å²) in [6.07, 6.45) is 3.64. The van der Waals surface area contributed by atoms with Gasteiger partial charge in [-0.3, -0.25) is 9.20 Å². The van der Waals surface area contributed by atoms with Crippen LogP contribution in [0.3, 0.4) is 0 Å². The number of nitrogens with zero attached hydrogens (tertiary/aromatic N) is 4. The molecule has 38 heavy (non-hydrogen) atoms. The van der Waals surface area contributed by atoms with Gasteiger partial charge in [0.05, 0.1) is 23.3 Å². The topological polar surface area (TPSA) is 106 Å². The van der Waals surface area contributed by atoms with E-state index in [1.807, 2.05) is 42.5 Å². The average Bonchev–Trinajstić information content (AvgIpc) is 3.37.